The van der Waals surface area contributed by atoms with Crippen molar-refractivity contribution in [2.45, 2.75) is 45.8 Å². The number of rotatable bonds is 5. The lowest BCUT2D eigenvalue weighted by atomic mass is 10.1. The van der Waals surface area contributed by atoms with Crippen molar-refractivity contribution in [3.05, 3.63) is 47.8 Å². The Hall–Kier alpha value is -2.63. The molecule has 138 valence electrons. The molecule has 0 radical (unpaired) electrons. The normalized spacial score (nSPS) is 15.2. The third kappa shape index (κ3) is 4.71. The number of amides is 1. The molecule has 1 aliphatic heterocycles. The van der Waals surface area contributed by atoms with Crippen LogP contribution in [0.1, 0.15) is 42.6 Å². The van der Waals surface area contributed by atoms with Crippen LogP contribution in [0.25, 0.3) is 0 Å². The molecule has 6 nitrogen and oxygen atoms in total. The smallest absolute Gasteiger partial charge is 0.316 e. The molecule has 0 unspecified atom stereocenters. The maximum Gasteiger partial charge on any atom is 0.316 e. The SMILES string of the molecule is Cc1cnc(OC2CCN(C(=O)c3ccc(OC(C)C)cc3)CC2)nc1. The van der Waals surface area contributed by atoms with Gasteiger partial charge in [0.1, 0.15) is 11.9 Å². The number of ether oxygens (including phenoxy) is 2. The maximum atomic E-state index is 12.7. The van der Waals surface area contributed by atoms with E-state index in [0.29, 0.717) is 24.7 Å². The Labute approximate surface area is 154 Å². The topological polar surface area (TPSA) is 64.5 Å². The van der Waals surface area contributed by atoms with Crippen molar-refractivity contribution in [3.8, 4) is 11.8 Å². The fourth-order valence-corrected chi connectivity index (χ4v) is 2.90. The summed E-state index contributed by atoms with van der Waals surface area (Å²) < 4.78 is 11.4. The standard InChI is InChI=1S/C20H25N3O3/c1-14(2)25-17-6-4-16(5-7-17)19(24)23-10-8-18(9-11-23)26-20-21-12-15(3)13-22-20/h4-7,12-14,18H,8-11H2,1-3H3. The summed E-state index contributed by atoms with van der Waals surface area (Å²) in [6.45, 7) is 7.23. The average Bonchev–Trinajstić information content (AvgIpc) is 2.64. The molecule has 1 saturated heterocycles. The first-order valence-electron chi connectivity index (χ1n) is 9.02. The predicted molar refractivity (Wildman–Crippen MR) is 98.5 cm³/mol. The van der Waals surface area contributed by atoms with Crippen molar-refractivity contribution in [1.82, 2.24) is 14.9 Å². The van der Waals surface area contributed by atoms with Gasteiger partial charge in [-0.2, -0.15) is 0 Å². The van der Waals surface area contributed by atoms with Crippen molar-refractivity contribution in [1.29, 1.82) is 0 Å². The summed E-state index contributed by atoms with van der Waals surface area (Å²) in [4.78, 5) is 22.9. The van der Waals surface area contributed by atoms with E-state index in [-0.39, 0.29) is 18.1 Å². The first kappa shape index (κ1) is 18.2. The first-order valence-corrected chi connectivity index (χ1v) is 9.02. The number of hydrogen-bond donors (Lipinski definition) is 0. The Morgan fingerprint density at radius 1 is 1.12 bits per heavy atom. The number of hydrogen-bond acceptors (Lipinski definition) is 5. The number of carbonyl (C=O) groups excluding carboxylic acids is 1. The maximum absolute atomic E-state index is 12.7. The van der Waals surface area contributed by atoms with Gasteiger partial charge in [0.2, 0.25) is 0 Å². The number of aromatic nitrogens is 2. The van der Waals surface area contributed by atoms with Gasteiger partial charge in [0.15, 0.2) is 0 Å². The van der Waals surface area contributed by atoms with Crippen LogP contribution in [0.2, 0.25) is 0 Å². The highest BCUT2D eigenvalue weighted by atomic mass is 16.5. The Morgan fingerprint density at radius 3 is 2.31 bits per heavy atom. The Kier molecular flexibility index (Phi) is 5.71. The van der Waals surface area contributed by atoms with Crippen LogP contribution in [0.5, 0.6) is 11.8 Å². The zero-order valence-corrected chi connectivity index (χ0v) is 15.5. The van der Waals surface area contributed by atoms with Gasteiger partial charge in [0, 0.05) is 43.9 Å². The minimum absolute atomic E-state index is 0.0450. The summed E-state index contributed by atoms with van der Waals surface area (Å²) in [5.74, 6) is 0.827. The minimum atomic E-state index is 0.0450. The number of nitrogens with zero attached hydrogens (tertiary/aromatic N) is 3. The average molecular weight is 355 g/mol. The molecular formula is C20H25N3O3. The second-order valence-corrected chi connectivity index (χ2v) is 6.84. The number of carbonyl (C=O) groups is 1. The molecule has 26 heavy (non-hydrogen) atoms. The van der Waals surface area contributed by atoms with Crippen LogP contribution in [-0.2, 0) is 0 Å². The molecule has 0 N–H and O–H groups in total. The van der Waals surface area contributed by atoms with Gasteiger partial charge in [0.25, 0.3) is 5.91 Å². The van der Waals surface area contributed by atoms with E-state index in [1.54, 1.807) is 12.4 Å². The summed E-state index contributed by atoms with van der Waals surface area (Å²) in [7, 11) is 0. The van der Waals surface area contributed by atoms with Crippen LogP contribution in [0.3, 0.4) is 0 Å². The van der Waals surface area contributed by atoms with Crippen LogP contribution in [0, 0.1) is 6.92 Å². The summed E-state index contributed by atoms with van der Waals surface area (Å²) in [6.07, 6.45) is 5.20. The minimum Gasteiger partial charge on any atom is -0.491 e. The van der Waals surface area contributed by atoms with E-state index in [0.717, 1.165) is 24.2 Å². The molecule has 1 aromatic heterocycles. The molecule has 1 aliphatic rings. The molecule has 0 aliphatic carbocycles. The lowest BCUT2D eigenvalue weighted by molar-refractivity contribution is 0.0578. The van der Waals surface area contributed by atoms with Crippen LogP contribution in [0.15, 0.2) is 36.7 Å². The molecule has 0 saturated carbocycles. The van der Waals surface area contributed by atoms with Gasteiger partial charge in [0.05, 0.1) is 6.10 Å². The lowest BCUT2D eigenvalue weighted by Crippen LogP contribution is -2.41. The Morgan fingerprint density at radius 2 is 1.73 bits per heavy atom. The van der Waals surface area contributed by atoms with Gasteiger partial charge < -0.3 is 14.4 Å². The van der Waals surface area contributed by atoms with Crippen LogP contribution in [0.4, 0.5) is 0 Å². The van der Waals surface area contributed by atoms with E-state index >= 15 is 0 Å². The van der Waals surface area contributed by atoms with Crippen molar-refractivity contribution in [3.63, 3.8) is 0 Å². The summed E-state index contributed by atoms with van der Waals surface area (Å²) >= 11 is 0. The largest absolute Gasteiger partial charge is 0.491 e. The van der Waals surface area contributed by atoms with Crippen LogP contribution >= 0.6 is 0 Å². The van der Waals surface area contributed by atoms with Crippen LogP contribution < -0.4 is 9.47 Å². The lowest BCUT2D eigenvalue weighted by Gasteiger charge is -2.31. The molecule has 1 amide bonds. The molecular weight excluding hydrogens is 330 g/mol. The third-order valence-corrected chi connectivity index (χ3v) is 4.23. The summed E-state index contributed by atoms with van der Waals surface area (Å²) in [5, 5.41) is 0. The van der Waals surface area contributed by atoms with Crippen molar-refractivity contribution >= 4 is 5.91 Å². The van der Waals surface area contributed by atoms with Gasteiger partial charge in [-0.3, -0.25) is 4.79 Å². The molecule has 3 rings (SSSR count). The van der Waals surface area contributed by atoms with Gasteiger partial charge in [-0.1, -0.05) is 0 Å². The molecule has 0 bridgehead atoms. The molecule has 1 fully saturated rings. The first-order chi connectivity index (χ1) is 12.5. The van der Waals surface area contributed by atoms with E-state index in [4.69, 9.17) is 9.47 Å². The molecule has 6 heteroatoms. The number of benzene rings is 1. The van der Waals surface area contributed by atoms with Crippen molar-refractivity contribution in [2.75, 3.05) is 13.1 Å². The predicted octanol–water partition coefficient (Wildman–Crippen LogP) is 3.26. The van der Waals surface area contributed by atoms with E-state index in [9.17, 15) is 4.79 Å². The van der Waals surface area contributed by atoms with Gasteiger partial charge in [-0.25, -0.2) is 9.97 Å². The van der Waals surface area contributed by atoms with Gasteiger partial charge >= 0.3 is 6.01 Å². The molecule has 2 aromatic rings. The van der Waals surface area contributed by atoms with E-state index < -0.39 is 0 Å². The summed E-state index contributed by atoms with van der Waals surface area (Å²) in [6, 6.07) is 7.74. The van der Waals surface area contributed by atoms with Crippen LogP contribution in [-0.4, -0.2) is 46.1 Å². The quantitative estimate of drug-likeness (QED) is 0.824. The fourth-order valence-electron chi connectivity index (χ4n) is 2.90. The monoisotopic (exact) mass is 355 g/mol. The number of piperidine rings is 1. The highest BCUT2D eigenvalue weighted by Crippen LogP contribution is 2.19. The third-order valence-electron chi connectivity index (χ3n) is 4.23. The zero-order valence-electron chi connectivity index (χ0n) is 15.5. The molecule has 2 heterocycles. The molecule has 0 atom stereocenters. The fraction of sp³-hybridized carbons (Fsp3) is 0.450. The molecule has 0 spiro atoms. The summed E-state index contributed by atoms with van der Waals surface area (Å²) in [5.41, 5.74) is 1.69. The molecule has 1 aromatic carbocycles. The van der Waals surface area contributed by atoms with E-state index in [1.807, 2.05) is 49.9 Å². The second-order valence-electron chi connectivity index (χ2n) is 6.84. The van der Waals surface area contributed by atoms with E-state index in [1.165, 1.54) is 0 Å². The van der Waals surface area contributed by atoms with Crippen molar-refractivity contribution < 1.29 is 14.3 Å². The van der Waals surface area contributed by atoms with Crippen molar-refractivity contribution in [2.24, 2.45) is 0 Å². The Bertz CT molecular complexity index is 721. The Balaban J connectivity index is 1.52. The number of likely N-dealkylation sites (tertiary alicyclic amines) is 1. The van der Waals surface area contributed by atoms with Gasteiger partial charge in [-0.15, -0.1) is 0 Å². The van der Waals surface area contributed by atoms with E-state index in [2.05, 4.69) is 9.97 Å². The second kappa shape index (κ2) is 8.17. The highest BCUT2D eigenvalue weighted by Gasteiger charge is 2.25. The number of aryl methyl sites for hydroxylation is 1. The zero-order chi connectivity index (χ0) is 18.5. The highest BCUT2D eigenvalue weighted by molar-refractivity contribution is 5.94. The van der Waals surface area contributed by atoms with Gasteiger partial charge in [-0.05, 0) is 50.6 Å².